The quantitative estimate of drug-likeness (QED) is 0.629. The third-order valence-electron chi connectivity index (χ3n) is 2.93. The molecule has 1 unspecified atom stereocenters. The zero-order valence-electron chi connectivity index (χ0n) is 11.1. The number of hydrogen-bond donors (Lipinski definition) is 3. The van der Waals surface area contributed by atoms with Gasteiger partial charge in [-0.15, -0.1) is 0 Å². The van der Waals surface area contributed by atoms with Gasteiger partial charge < -0.3 is 15.3 Å². The number of nitrogens with two attached hydrogens (primary N) is 1. The van der Waals surface area contributed by atoms with Crippen LogP contribution in [-0.2, 0) is 14.8 Å². The number of carbonyl (C=O) groups excluding carboxylic acids is 1. The average Bonchev–Trinajstić information content (AvgIpc) is 2.23. The molecule has 11 heteroatoms. The van der Waals surface area contributed by atoms with Gasteiger partial charge in [-0.05, 0) is 6.42 Å². The first kappa shape index (κ1) is 17.6. The van der Waals surface area contributed by atoms with E-state index in [9.17, 15) is 26.8 Å². The summed E-state index contributed by atoms with van der Waals surface area (Å²) >= 11 is 0. The molecule has 8 nitrogen and oxygen atoms in total. The Labute approximate surface area is 120 Å². The topological polar surface area (TPSA) is 130 Å². The Morgan fingerprint density at radius 2 is 2.05 bits per heavy atom. The number of hydrogen-bond acceptors (Lipinski definition) is 4. The summed E-state index contributed by atoms with van der Waals surface area (Å²) < 4.78 is 48.4. The number of carboxylic acid groups (broad SMARTS) is 1. The lowest BCUT2D eigenvalue weighted by atomic mass is 10.1. The highest BCUT2D eigenvalue weighted by molar-refractivity contribution is 7.89. The number of nitrogens with one attached hydrogen (secondary N) is 1. The lowest BCUT2D eigenvalue weighted by Gasteiger charge is -2.33. The van der Waals surface area contributed by atoms with Gasteiger partial charge in [0.2, 0.25) is 15.9 Å². The molecule has 0 radical (unpaired) electrons. The van der Waals surface area contributed by atoms with Gasteiger partial charge in [-0.2, -0.15) is 0 Å². The summed E-state index contributed by atoms with van der Waals surface area (Å²) in [5.74, 6) is -4.50. The lowest BCUT2D eigenvalue weighted by Crippen LogP contribution is -2.49. The van der Waals surface area contributed by atoms with Crippen molar-refractivity contribution in [1.82, 2.24) is 10.2 Å². The van der Waals surface area contributed by atoms with Crippen LogP contribution in [0.4, 0.5) is 13.6 Å². The van der Waals surface area contributed by atoms with Crippen LogP contribution in [0.25, 0.3) is 0 Å². The fourth-order valence-corrected chi connectivity index (χ4v) is 2.89. The first-order valence-electron chi connectivity index (χ1n) is 6.14. The van der Waals surface area contributed by atoms with Crippen LogP contribution < -0.4 is 10.5 Å². The summed E-state index contributed by atoms with van der Waals surface area (Å²) in [5.41, 5.74) is 0. The van der Waals surface area contributed by atoms with Gasteiger partial charge in [0.05, 0.1) is 18.3 Å². The Morgan fingerprint density at radius 3 is 2.52 bits per heavy atom. The molecule has 2 amide bonds. The number of primary sulfonamides is 1. The largest absolute Gasteiger partial charge is 0.465 e. The van der Waals surface area contributed by atoms with Crippen molar-refractivity contribution in [2.75, 3.05) is 18.8 Å². The highest BCUT2D eigenvalue weighted by Gasteiger charge is 2.37. The maximum atomic E-state index is 13.2. The van der Waals surface area contributed by atoms with Gasteiger partial charge in [-0.1, -0.05) is 0 Å². The van der Waals surface area contributed by atoms with E-state index >= 15 is 0 Å². The molecule has 122 valence electrons. The summed E-state index contributed by atoms with van der Waals surface area (Å²) in [6.45, 7) is -0.620. The van der Waals surface area contributed by atoms with E-state index in [0.717, 1.165) is 4.90 Å². The van der Waals surface area contributed by atoms with E-state index in [1.54, 1.807) is 0 Å². The minimum absolute atomic E-state index is 0.129. The van der Waals surface area contributed by atoms with Crippen molar-refractivity contribution in [1.29, 1.82) is 0 Å². The second-order valence-electron chi connectivity index (χ2n) is 4.95. The molecule has 1 atom stereocenters. The number of carbonyl (C=O) groups is 2. The van der Waals surface area contributed by atoms with Gasteiger partial charge in [-0.25, -0.2) is 27.1 Å². The predicted molar refractivity (Wildman–Crippen MR) is 68.3 cm³/mol. The second-order valence-corrected chi connectivity index (χ2v) is 6.61. The van der Waals surface area contributed by atoms with Gasteiger partial charge in [0.25, 0.3) is 5.92 Å². The minimum Gasteiger partial charge on any atom is -0.465 e. The monoisotopic (exact) mass is 329 g/mol. The van der Waals surface area contributed by atoms with Crippen LogP contribution in [-0.4, -0.2) is 61.2 Å². The molecule has 1 heterocycles. The summed E-state index contributed by atoms with van der Waals surface area (Å²) in [7, 11) is -4.01. The van der Waals surface area contributed by atoms with Gasteiger partial charge >= 0.3 is 6.09 Å². The summed E-state index contributed by atoms with van der Waals surface area (Å²) in [5, 5.41) is 15.2. The van der Waals surface area contributed by atoms with Gasteiger partial charge in [-0.3, -0.25) is 4.79 Å². The molecule has 0 bridgehead atoms. The van der Waals surface area contributed by atoms with E-state index in [2.05, 4.69) is 0 Å². The average molecular weight is 329 g/mol. The highest BCUT2D eigenvalue weighted by atomic mass is 32.2. The number of piperidine rings is 1. The standard InChI is InChI=1S/C10H17F2N3O5S/c11-10(12)2-1-3-15(6-10)8(16)4-7(14-9(17)18)5-21(13,19)20/h7,14H,1-6H2,(H,17,18)(H2,13,19,20). The maximum Gasteiger partial charge on any atom is 0.404 e. The van der Waals surface area contributed by atoms with Crippen LogP contribution >= 0.6 is 0 Å². The Balaban J connectivity index is 2.69. The normalized spacial score (nSPS) is 19.9. The molecule has 1 aliphatic heterocycles. The molecule has 1 fully saturated rings. The highest BCUT2D eigenvalue weighted by Crippen LogP contribution is 2.26. The number of alkyl halides is 2. The Morgan fingerprint density at radius 1 is 1.43 bits per heavy atom. The van der Waals surface area contributed by atoms with E-state index < -0.39 is 52.7 Å². The van der Waals surface area contributed by atoms with Crippen LogP contribution in [0.1, 0.15) is 19.3 Å². The smallest absolute Gasteiger partial charge is 0.404 e. The number of halogens is 2. The first-order valence-corrected chi connectivity index (χ1v) is 7.85. The SMILES string of the molecule is NS(=O)(=O)CC(CC(=O)N1CCCC(F)(F)C1)NC(=O)O. The summed E-state index contributed by atoms with van der Waals surface area (Å²) in [4.78, 5) is 23.4. The molecule has 0 aliphatic carbocycles. The molecular weight excluding hydrogens is 312 g/mol. The summed E-state index contributed by atoms with van der Waals surface area (Å²) in [6, 6.07) is -1.28. The van der Waals surface area contributed by atoms with Crippen molar-refractivity contribution < 1.29 is 31.9 Å². The number of sulfonamides is 1. The number of likely N-dealkylation sites (tertiary alicyclic amines) is 1. The third kappa shape index (κ3) is 6.67. The van der Waals surface area contributed by atoms with Crippen molar-refractivity contribution in [3.8, 4) is 0 Å². The third-order valence-corrected chi connectivity index (χ3v) is 3.79. The lowest BCUT2D eigenvalue weighted by molar-refractivity contribution is -0.142. The first-order chi connectivity index (χ1) is 9.48. The molecule has 1 rings (SSSR count). The van der Waals surface area contributed by atoms with E-state index in [0.29, 0.717) is 0 Å². The fourth-order valence-electron chi connectivity index (χ4n) is 2.13. The molecule has 1 saturated heterocycles. The van der Waals surface area contributed by atoms with Gasteiger partial charge in [0.1, 0.15) is 0 Å². The predicted octanol–water partition coefficient (Wildman–Crippen LogP) is -0.441. The van der Waals surface area contributed by atoms with Crippen LogP contribution in [0.3, 0.4) is 0 Å². The minimum atomic E-state index is -4.01. The molecule has 0 spiro atoms. The zero-order valence-corrected chi connectivity index (χ0v) is 11.9. The van der Waals surface area contributed by atoms with E-state index in [4.69, 9.17) is 10.2 Å². The fraction of sp³-hybridized carbons (Fsp3) is 0.800. The van der Waals surface area contributed by atoms with Crippen molar-refractivity contribution in [3.63, 3.8) is 0 Å². The van der Waals surface area contributed by atoms with Crippen LogP contribution in [0.5, 0.6) is 0 Å². The van der Waals surface area contributed by atoms with Crippen molar-refractivity contribution in [2.24, 2.45) is 5.14 Å². The summed E-state index contributed by atoms with van der Waals surface area (Å²) in [6.07, 6.45) is -2.26. The molecule has 0 aromatic carbocycles. The van der Waals surface area contributed by atoms with Gasteiger partial charge in [0.15, 0.2) is 0 Å². The van der Waals surface area contributed by atoms with E-state index in [1.165, 1.54) is 0 Å². The van der Waals surface area contributed by atoms with E-state index in [-0.39, 0.29) is 19.4 Å². The zero-order chi connectivity index (χ0) is 16.3. The van der Waals surface area contributed by atoms with E-state index in [1.807, 2.05) is 5.32 Å². The number of amides is 2. The number of nitrogens with zero attached hydrogens (tertiary/aromatic N) is 1. The van der Waals surface area contributed by atoms with Gasteiger partial charge in [0, 0.05) is 19.4 Å². The molecule has 0 saturated carbocycles. The molecule has 0 aromatic rings. The Kier molecular flexibility index (Phi) is 5.45. The Hall–Kier alpha value is -1.49. The Bertz CT molecular complexity index is 511. The molecule has 1 aliphatic rings. The van der Waals surface area contributed by atoms with Crippen LogP contribution in [0.2, 0.25) is 0 Å². The van der Waals surface area contributed by atoms with Crippen molar-refractivity contribution in [3.05, 3.63) is 0 Å². The molecule has 21 heavy (non-hydrogen) atoms. The molecule has 4 N–H and O–H groups in total. The molecule has 0 aromatic heterocycles. The van der Waals surface area contributed by atoms with Crippen LogP contribution in [0, 0.1) is 0 Å². The molecular formula is C10H17F2N3O5S. The van der Waals surface area contributed by atoms with Crippen LogP contribution in [0.15, 0.2) is 0 Å². The second kappa shape index (κ2) is 6.52. The number of rotatable bonds is 5. The van der Waals surface area contributed by atoms with Crippen molar-refractivity contribution in [2.45, 2.75) is 31.2 Å². The maximum absolute atomic E-state index is 13.2. The van der Waals surface area contributed by atoms with Crippen molar-refractivity contribution >= 4 is 22.0 Å².